The molecular weight excluding hydrogens is 232 g/mol. The predicted molar refractivity (Wildman–Crippen MR) is 71.2 cm³/mol. The molecule has 2 rings (SSSR count). The molecule has 1 amide bonds. The van der Waals surface area contributed by atoms with Crippen molar-refractivity contribution >= 4 is 17.2 Å². The molecule has 17 heavy (non-hydrogen) atoms. The van der Waals surface area contributed by atoms with E-state index in [0.717, 1.165) is 19.5 Å². The van der Waals surface area contributed by atoms with E-state index in [1.807, 2.05) is 0 Å². The second-order valence-electron chi connectivity index (χ2n) is 4.80. The van der Waals surface area contributed by atoms with E-state index in [4.69, 9.17) is 0 Å². The lowest BCUT2D eigenvalue weighted by atomic mass is 10.0. The zero-order valence-electron chi connectivity index (χ0n) is 10.5. The van der Waals surface area contributed by atoms with Gasteiger partial charge in [-0.15, -0.1) is 11.3 Å². The van der Waals surface area contributed by atoms with Gasteiger partial charge < -0.3 is 10.6 Å². The first-order chi connectivity index (χ1) is 8.15. The van der Waals surface area contributed by atoms with Crippen LogP contribution < -0.4 is 10.6 Å². The van der Waals surface area contributed by atoms with Gasteiger partial charge in [-0.25, -0.2) is 0 Å². The van der Waals surface area contributed by atoms with Crippen LogP contribution in [0.25, 0.3) is 0 Å². The maximum atomic E-state index is 11.9. The molecule has 4 heteroatoms. The highest BCUT2D eigenvalue weighted by molar-refractivity contribution is 7.12. The molecule has 2 unspecified atom stereocenters. The Morgan fingerprint density at radius 2 is 2.47 bits per heavy atom. The van der Waals surface area contributed by atoms with Crippen LogP contribution in [0.15, 0.2) is 12.1 Å². The average Bonchev–Trinajstić information content (AvgIpc) is 2.89. The van der Waals surface area contributed by atoms with Crippen LogP contribution in [-0.2, 0) is 4.79 Å². The van der Waals surface area contributed by atoms with E-state index in [1.54, 1.807) is 11.3 Å². The molecule has 0 spiro atoms. The van der Waals surface area contributed by atoms with Crippen molar-refractivity contribution in [2.24, 2.45) is 5.92 Å². The summed E-state index contributed by atoms with van der Waals surface area (Å²) in [5.41, 5.74) is 0. The summed E-state index contributed by atoms with van der Waals surface area (Å²) < 4.78 is 0. The molecule has 1 aliphatic heterocycles. The third-order valence-corrected chi connectivity index (χ3v) is 4.39. The summed E-state index contributed by atoms with van der Waals surface area (Å²) in [6, 6.07) is 4.33. The van der Waals surface area contributed by atoms with Crippen molar-refractivity contribution in [1.82, 2.24) is 10.6 Å². The topological polar surface area (TPSA) is 41.1 Å². The summed E-state index contributed by atoms with van der Waals surface area (Å²) >= 11 is 1.75. The van der Waals surface area contributed by atoms with Crippen molar-refractivity contribution in [2.45, 2.75) is 32.7 Å². The molecule has 1 aromatic rings. The van der Waals surface area contributed by atoms with Gasteiger partial charge >= 0.3 is 0 Å². The van der Waals surface area contributed by atoms with Crippen LogP contribution in [-0.4, -0.2) is 19.0 Å². The van der Waals surface area contributed by atoms with E-state index < -0.39 is 0 Å². The second kappa shape index (κ2) is 5.65. The average molecular weight is 252 g/mol. The molecule has 0 aromatic carbocycles. The molecule has 1 saturated heterocycles. The van der Waals surface area contributed by atoms with Crippen molar-refractivity contribution in [3.8, 4) is 0 Å². The Morgan fingerprint density at radius 1 is 1.65 bits per heavy atom. The molecule has 0 bridgehead atoms. The fourth-order valence-corrected chi connectivity index (χ4v) is 3.09. The fourth-order valence-electron chi connectivity index (χ4n) is 2.21. The van der Waals surface area contributed by atoms with Gasteiger partial charge in [-0.1, -0.05) is 0 Å². The highest BCUT2D eigenvalue weighted by Gasteiger charge is 2.19. The van der Waals surface area contributed by atoms with Crippen molar-refractivity contribution in [3.63, 3.8) is 0 Å². The number of nitrogens with one attached hydrogen (secondary N) is 2. The molecule has 2 N–H and O–H groups in total. The molecule has 2 atom stereocenters. The summed E-state index contributed by atoms with van der Waals surface area (Å²) in [6.45, 7) is 6.18. The quantitative estimate of drug-likeness (QED) is 0.863. The third kappa shape index (κ3) is 3.54. The van der Waals surface area contributed by atoms with Gasteiger partial charge in [0.1, 0.15) is 0 Å². The number of hydrogen-bond donors (Lipinski definition) is 2. The largest absolute Gasteiger partial charge is 0.349 e. The van der Waals surface area contributed by atoms with Gasteiger partial charge in [0.2, 0.25) is 5.91 Å². The highest BCUT2D eigenvalue weighted by atomic mass is 32.1. The van der Waals surface area contributed by atoms with Gasteiger partial charge in [0.25, 0.3) is 0 Å². The Labute approximate surface area is 107 Å². The number of rotatable bonds is 4. The Balaban J connectivity index is 1.81. The van der Waals surface area contributed by atoms with E-state index in [1.165, 1.54) is 9.75 Å². The molecule has 0 aliphatic carbocycles. The monoisotopic (exact) mass is 252 g/mol. The molecule has 1 aromatic heterocycles. The van der Waals surface area contributed by atoms with E-state index >= 15 is 0 Å². The molecule has 3 nitrogen and oxygen atoms in total. The number of carbonyl (C=O) groups excluding carboxylic acids is 1. The van der Waals surface area contributed by atoms with E-state index in [9.17, 15) is 4.79 Å². The van der Waals surface area contributed by atoms with Crippen molar-refractivity contribution in [1.29, 1.82) is 0 Å². The maximum absolute atomic E-state index is 11.9. The van der Waals surface area contributed by atoms with E-state index in [0.29, 0.717) is 12.3 Å². The van der Waals surface area contributed by atoms with Crippen LogP contribution in [0, 0.1) is 12.8 Å². The van der Waals surface area contributed by atoms with Gasteiger partial charge in [0.05, 0.1) is 6.04 Å². The molecular formula is C13H20N2OS. The summed E-state index contributed by atoms with van der Waals surface area (Å²) in [5.74, 6) is 0.699. The number of amides is 1. The van der Waals surface area contributed by atoms with Crippen molar-refractivity contribution < 1.29 is 4.79 Å². The van der Waals surface area contributed by atoms with Crippen molar-refractivity contribution in [2.75, 3.05) is 13.1 Å². The first-order valence-electron chi connectivity index (χ1n) is 6.21. The number of aryl methyl sites for hydroxylation is 1. The van der Waals surface area contributed by atoms with Crippen LogP contribution in [0.5, 0.6) is 0 Å². The summed E-state index contributed by atoms with van der Waals surface area (Å²) in [4.78, 5) is 14.4. The Morgan fingerprint density at radius 3 is 3.06 bits per heavy atom. The molecule has 94 valence electrons. The lowest BCUT2D eigenvalue weighted by Gasteiger charge is -2.14. The Kier molecular flexibility index (Phi) is 4.18. The lowest BCUT2D eigenvalue weighted by Crippen LogP contribution is -2.28. The Bertz CT molecular complexity index is 383. The standard InChI is InChI=1S/C13H20N2OS/c1-9-3-4-12(17-9)10(2)15-13(16)7-11-5-6-14-8-11/h3-4,10-11,14H,5-8H2,1-2H3,(H,15,16). The summed E-state index contributed by atoms with van der Waals surface area (Å²) in [5, 5.41) is 6.37. The van der Waals surface area contributed by atoms with Gasteiger partial charge in [-0.05, 0) is 51.4 Å². The minimum Gasteiger partial charge on any atom is -0.349 e. The van der Waals surface area contributed by atoms with E-state index in [-0.39, 0.29) is 11.9 Å². The first kappa shape index (κ1) is 12.6. The highest BCUT2D eigenvalue weighted by Crippen LogP contribution is 2.22. The minimum absolute atomic E-state index is 0.135. The van der Waals surface area contributed by atoms with Crippen LogP contribution in [0.1, 0.15) is 35.6 Å². The smallest absolute Gasteiger partial charge is 0.220 e. The molecule has 0 radical (unpaired) electrons. The Hall–Kier alpha value is -0.870. The number of thiophene rings is 1. The summed E-state index contributed by atoms with van der Waals surface area (Å²) in [6.07, 6.45) is 1.78. The van der Waals surface area contributed by atoms with Gasteiger partial charge in [-0.2, -0.15) is 0 Å². The van der Waals surface area contributed by atoms with Gasteiger partial charge in [0.15, 0.2) is 0 Å². The first-order valence-corrected chi connectivity index (χ1v) is 7.03. The van der Waals surface area contributed by atoms with Crippen LogP contribution in [0.2, 0.25) is 0 Å². The van der Waals surface area contributed by atoms with Crippen molar-refractivity contribution in [3.05, 3.63) is 21.9 Å². The van der Waals surface area contributed by atoms with Crippen LogP contribution in [0.3, 0.4) is 0 Å². The zero-order valence-corrected chi connectivity index (χ0v) is 11.3. The maximum Gasteiger partial charge on any atom is 0.220 e. The fraction of sp³-hybridized carbons (Fsp3) is 0.615. The zero-order chi connectivity index (χ0) is 12.3. The summed E-state index contributed by atoms with van der Waals surface area (Å²) in [7, 11) is 0. The lowest BCUT2D eigenvalue weighted by molar-refractivity contribution is -0.122. The van der Waals surface area contributed by atoms with Gasteiger partial charge in [-0.3, -0.25) is 4.79 Å². The van der Waals surface area contributed by atoms with Gasteiger partial charge in [0, 0.05) is 16.2 Å². The number of hydrogen-bond acceptors (Lipinski definition) is 3. The normalized spacial score (nSPS) is 21.4. The predicted octanol–water partition coefficient (Wildman–Crippen LogP) is 2.23. The molecule has 0 saturated carbocycles. The van der Waals surface area contributed by atoms with Crippen LogP contribution in [0.4, 0.5) is 0 Å². The molecule has 1 aliphatic rings. The van der Waals surface area contributed by atoms with Crippen LogP contribution >= 0.6 is 11.3 Å². The minimum atomic E-state index is 0.135. The third-order valence-electron chi connectivity index (χ3n) is 3.20. The second-order valence-corrected chi connectivity index (χ2v) is 6.12. The van der Waals surface area contributed by atoms with E-state index in [2.05, 4.69) is 36.6 Å². The number of carbonyl (C=O) groups is 1. The SMILES string of the molecule is Cc1ccc(C(C)NC(=O)CC2CCNC2)s1. The molecule has 1 fully saturated rings. The molecule has 2 heterocycles.